The normalized spacial score (nSPS) is 11.9. The molecular weight excluding hydrogens is 256 g/mol. The molecule has 0 spiro atoms. The van der Waals surface area contributed by atoms with Gasteiger partial charge in [-0.15, -0.1) is 0 Å². The third-order valence-electron chi connectivity index (χ3n) is 2.93. The minimum absolute atomic E-state index is 0.0588. The summed E-state index contributed by atoms with van der Waals surface area (Å²) in [5.41, 5.74) is 0.699. The van der Waals surface area contributed by atoms with Crippen LogP contribution in [0.25, 0.3) is 0 Å². The lowest BCUT2D eigenvalue weighted by atomic mass is 10.1. The smallest absolute Gasteiger partial charge is 0.225 e. The molecule has 1 unspecified atom stereocenters. The Kier molecular flexibility index (Phi) is 7.54. The Labute approximate surface area is 119 Å². The molecule has 0 saturated heterocycles. The summed E-state index contributed by atoms with van der Waals surface area (Å²) in [7, 11) is 0. The average Bonchev–Trinajstić information content (AvgIpc) is 2.50. The second-order valence-electron chi connectivity index (χ2n) is 4.69. The number of amides is 1. The molecule has 1 atom stereocenters. The summed E-state index contributed by atoms with van der Waals surface area (Å²) in [6.07, 6.45) is 0.742. The Balaban J connectivity index is 2.08. The molecular formula is C15H22N2O3. The molecule has 1 rings (SSSR count). The molecule has 5 heteroatoms. The van der Waals surface area contributed by atoms with Crippen molar-refractivity contribution in [3.63, 3.8) is 0 Å². The van der Waals surface area contributed by atoms with Gasteiger partial charge in [0.05, 0.1) is 19.1 Å². The van der Waals surface area contributed by atoms with E-state index in [1.807, 2.05) is 18.2 Å². The number of aliphatic hydroxyl groups is 1. The number of carbonyl (C=O) groups excluding carboxylic acids is 2. The van der Waals surface area contributed by atoms with Crippen LogP contribution in [0.3, 0.4) is 0 Å². The van der Waals surface area contributed by atoms with Crippen LogP contribution < -0.4 is 10.6 Å². The lowest BCUT2D eigenvalue weighted by Gasteiger charge is -2.09. The van der Waals surface area contributed by atoms with Crippen molar-refractivity contribution in [2.45, 2.75) is 13.3 Å². The van der Waals surface area contributed by atoms with E-state index in [1.54, 1.807) is 19.1 Å². The van der Waals surface area contributed by atoms with E-state index in [9.17, 15) is 9.59 Å². The number of carbonyl (C=O) groups is 2. The van der Waals surface area contributed by atoms with E-state index in [0.29, 0.717) is 25.2 Å². The van der Waals surface area contributed by atoms with Crippen LogP contribution in [0.1, 0.15) is 23.7 Å². The zero-order valence-electron chi connectivity index (χ0n) is 11.8. The molecule has 1 aromatic carbocycles. The standard InChI is InChI=1S/C15H22N2O3/c1-12(11-18)15(20)17-9-5-8-16-10-14(19)13-6-3-2-4-7-13/h2-4,6-7,12,16,18H,5,8-11H2,1H3,(H,17,20). The summed E-state index contributed by atoms with van der Waals surface area (Å²) in [5.74, 6) is -0.459. The van der Waals surface area contributed by atoms with Crippen LogP contribution in [0.15, 0.2) is 30.3 Å². The molecule has 0 aliphatic heterocycles. The number of Topliss-reactive ketones (excluding diaryl/α,β-unsaturated/α-hetero) is 1. The second kappa shape index (κ2) is 9.23. The highest BCUT2D eigenvalue weighted by Gasteiger charge is 2.09. The van der Waals surface area contributed by atoms with Gasteiger partial charge in [-0.05, 0) is 13.0 Å². The van der Waals surface area contributed by atoms with Gasteiger partial charge in [-0.3, -0.25) is 9.59 Å². The second-order valence-corrected chi connectivity index (χ2v) is 4.69. The van der Waals surface area contributed by atoms with Crippen molar-refractivity contribution < 1.29 is 14.7 Å². The molecule has 0 radical (unpaired) electrons. The number of hydrogen-bond donors (Lipinski definition) is 3. The molecule has 0 bridgehead atoms. The maximum Gasteiger partial charge on any atom is 0.225 e. The Hall–Kier alpha value is -1.72. The first-order valence-electron chi connectivity index (χ1n) is 6.82. The molecule has 0 aromatic heterocycles. The quantitative estimate of drug-likeness (QED) is 0.456. The van der Waals surface area contributed by atoms with Crippen molar-refractivity contribution >= 4 is 11.7 Å². The van der Waals surface area contributed by atoms with Gasteiger partial charge in [0, 0.05) is 12.1 Å². The first kappa shape index (κ1) is 16.3. The van der Waals surface area contributed by atoms with Crippen LogP contribution in [0, 0.1) is 5.92 Å². The van der Waals surface area contributed by atoms with Gasteiger partial charge in [0.1, 0.15) is 0 Å². The molecule has 3 N–H and O–H groups in total. The van der Waals surface area contributed by atoms with E-state index in [1.165, 1.54) is 0 Å². The third-order valence-corrected chi connectivity index (χ3v) is 2.93. The largest absolute Gasteiger partial charge is 0.396 e. The van der Waals surface area contributed by atoms with E-state index in [4.69, 9.17) is 5.11 Å². The molecule has 0 aliphatic rings. The molecule has 0 fully saturated rings. The van der Waals surface area contributed by atoms with Gasteiger partial charge in [-0.2, -0.15) is 0 Å². The van der Waals surface area contributed by atoms with Crippen LogP contribution in [0.5, 0.6) is 0 Å². The van der Waals surface area contributed by atoms with Gasteiger partial charge in [0.25, 0.3) is 0 Å². The highest BCUT2D eigenvalue weighted by atomic mass is 16.3. The first-order chi connectivity index (χ1) is 9.65. The summed E-state index contributed by atoms with van der Waals surface area (Å²) in [4.78, 5) is 23.1. The zero-order valence-corrected chi connectivity index (χ0v) is 11.8. The van der Waals surface area contributed by atoms with E-state index >= 15 is 0 Å². The zero-order chi connectivity index (χ0) is 14.8. The first-order valence-corrected chi connectivity index (χ1v) is 6.82. The topological polar surface area (TPSA) is 78.4 Å². The lowest BCUT2D eigenvalue weighted by Crippen LogP contribution is -2.33. The van der Waals surface area contributed by atoms with Crippen LogP contribution in [-0.2, 0) is 4.79 Å². The summed E-state index contributed by atoms with van der Waals surface area (Å²) in [6.45, 7) is 3.02. The summed E-state index contributed by atoms with van der Waals surface area (Å²) in [5, 5.41) is 14.6. The van der Waals surface area contributed by atoms with Gasteiger partial charge in [0.15, 0.2) is 5.78 Å². The summed E-state index contributed by atoms with van der Waals surface area (Å²) >= 11 is 0. The maximum atomic E-state index is 11.8. The van der Waals surface area contributed by atoms with Crippen molar-refractivity contribution in [2.75, 3.05) is 26.2 Å². The third kappa shape index (κ3) is 5.95. The van der Waals surface area contributed by atoms with Gasteiger partial charge in [0.2, 0.25) is 5.91 Å². The fourth-order valence-corrected chi connectivity index (χ4v) is 1.61. The van der Waals surface area contributed by atoms with Crippen LogP contribution >= 0.6 is 0 Å². The van der Waals surface area contributed by atoms with Crippen LogP contribution in [-0.4, -0.2) is 43.0 Å². The molecule has 5 nitrogen and oxygen atoms in total. The number of benzene rings is 1. The molecule has 110 valence electrons. The minimum Gasteiger partial charge on any atom is -0.396 e. The monoisotopic (exact) mass is 278 g/mol. The Morgan fingerprint density at radius 1 is 1.20 bits per heavy atom. The molecule has 0 aliphatic carbocycles. The fourth-order valence-electron chi connectivity index (χ4n) is 1.61. The maximum absolute atomic E-state index is 11.8. The van der Waals surface area contributed by atoms with E-state index in [0.717, 1.165) is 6.42 Å². The Morgan fingerprint density at radius 3 is 2.55 bits per heavy atom. The lowest BCUT2D eigenvalue weighted by molar-refractivity contribution is -0.125. The molecule has 1 aromatic rings. The predicted molar refractivity (Wildman–Crippen MR) is 77.5 cm³/mol. The summed E-state index contributed by atoms with van der Waals surface area (Å²) in [6, 6.07) is 9.14. The molecule has 0 saturated carbocycles. The van der Waals surface area contributed by atoms with Crippen molar-refractivity contribution in [1.82, 2.24) is 10.6 Å². The number of hydrogen-bond acceptors (Lipinski definition) is 4. The van der Waals surface area contributed by atoms with Gasteiger partial charge in [-0.1, -0.05) is 37.3 Å². The highest BCUT2D eigenvalue weighted by Crippen LogP contribution is 1.98. The van der Waals surface area contributed by atoms with Crippen LogP contribution in [0.2, 0.25) is 0 Å². The SMILES string of the molecule is CC(CO)C(=O)NCCCNCC(=O)c1ccccc1. The van der Waals surface area contributed by atoms with E-state index < -0.39 is 0 Å². The Morgan fingerprint density at radius 2 is 1.90 bits per heavy atom. The van der Waals surface area contributed by atoms with Gasteiger partial charge < -0.3 is 15.7 Å². The minimum atomic E-state index is -0.373. The summed E-state index contributed by atoms with van der Waals surface area (Å²) < 4.78 is 0. The average molecular weight is 278 g/mol. The molecule has 1 amide bonds. The van der Waals surface area contributed by atoms with Crippen LogP contribution in [0.4, 0.5) is 0 Å². The number of ketones is 1. The van der Waals surface area contributed by atoms with E-state index in [-0.39, 0.29) is 24.2 Å². The predicted octanol–water partition coefficient (Wildman–Crippen LogP) is 0.594. The molecule has 20 heavy (non-hydrogen) atoms. The van der Waals surface area contributed by atoms with Crippen molar-refractivity contribution in [2.24, 2.45) is 5.92 Å². The number of rotatable bonds is 9. The van der Waals surface area contributed by atoms with E-state index in [2.05, 4.69) is 10.6 Å². The number of nitrogens with one attached hydrogen (secondary N) is 2. The fraction of sp³-hybridized carbons (Fsp3) is 0.467. The number of aliphatic hydroxyl groups excluding tert-OH is 1. The van der Waals surface area contributed by atoms with Crippen molar-refractivity contribution in [3.8, 4) is 0 Å². The van der Waals surface area contributed by atoms with Crippen molar-refractivity contribution in [1.29, 1.82) is 0 Å². The van der Waals surface area contributed by atoms with Crippen molar-refractivity contribution in [3.05, 3.63) is 35.9 Å². The highest BCUT2D eigenvalue weighted by molar-refractivity contribution is 5.97. The van der Waals surface area contributed by atoms with Gasteiger partial charge in [-0.25, -0.2) is 0 Å². The molecule has 0 heterocycles. The van der Waals surface area contributed by atoms with Gasteiger partial charge >= 0.3 is 0 Å². The Bertz CT molecular complexity index is 420.